The number of carbonyl (C=O) groups is 1. The highest BCUT2D eigenvalue weighted by Crippen LogP contribution is 2.35. The molecule has 1 saturated heterocycles. The molecule has 0 radical (unpaired) electrons. The van der Waals surface area contributed by atoms with E-state index in [9.17, 15) is 4.79 Å². The lowest BCUT2D eigenvalue weighted by atomic mass is 10.2. The molecule has 0 aliphatic carbocycles. The third kappa shape index (κ3) is 2.80. The van der Waals surface area contributed by atoms with Crippen molar-refractivity contribution in [2.24, 2.45) is 0 Å². The van der Waals surface area contributed by atoms with Gasteiger partial charge < -0.3 is 4.74 Å². The lowest BCUT2D eigenvalue weighted by Crippen LogP contribution is -2.44. The third-order valence-electron chi connectivity index (χ3n) is 2.03. The Kier molecular flexibility index (Phi) is 3.04. The van der Waals surface area contributed by atoms with E-state index in [-0.39, 0.29) is 11.0 Å². The minimum absolute atomic E-state index is 0.123. The number of rotatable bonds is 0. The highest BCUT2D eigenvalue weighted by atomic mass is 32.2. The number of hydrogen-bond acceptors (Lipinski definition) is 3. The number of carbonyl (C=O) groups excluding carboxylic acids is 1. The summed E-state index contributed by atoms with van der Waals surface area (Å²) in [7, 11) is 0. The van der Waals surface area contributed by atoms with Crippen LogP contribution in [0.15, 0.2) is 0 Å². The summed E-state index contributed by atoms with van der Waals surface area (Å²) in [6.07, 6.45) is -0.201. The molecular weight excluding hydrogens is 198 g/mol. The van der Waals surface area contributed by atoms with E-state index in [0.29, 0.717) is 0 Å². The SMILES string of the molecule is CC(C)(C)OC(=O)N1CCSC1(C)C. The van der Waals surface area contributed by atoms with E-state index in [1.54, 1.807) is 16.7 Å². The summed E-state index contributed by atoms with van der Waals surface area (Å²) in [6, 6.07) is 0. The Balaban J connectivity index is 2.62. The van der Waals surface area contributed by atoms with Crippen molar-refractivity contribution in [2.45, 2.75) is 45.1 Å². The first kappa shape index (κ1) is 11.7. The van der Waals surface area contributed by atoms with Crippen molar-refractivity contribution in [3.63, 3.8) is 0 Å². The molecule has 0 N–H and O–H groups in total. The first-order chi connectivity index (χ1) is 6.22. The van der Waals surface area contributed by atoms with E-state index in [1.807, 2.05) is 20.8 Å². The summed E-state index contributed by atoms with van der Waals surface area (Å²) in [5, 5.41) is 0. The lowest BCUT2D eigenvalue weighted by molar-refractivity contribution is 0.0192. The summed E-state index contributed by atoms with van der Waals surface area (Å²) < 4.78 is 5.33. The second-order valence-corrected chi connectivity index (χ2v) is 6.62. The van der Waals surface area contributed by atoms with Crippen LogP contribution >= 0.6 is 11.8 Å². The molecule has 0 unspecified atom stereocenters. The van der Waals surface area contributed by atoms with Crippen LogP contribution in [0.25, 0.3) is 0 Å². The molecule has 0 atom stereocenters. The van der Waals surface area contributed by atoms with Crippen molar-refractivity contribution >= 4 is 17.9 Å². The van der Waals surface area contributed by atoms with Gasteiger partial charge in [0, 0.05) is 12.3 Å². The van der Waals surface area contributed by atoms with Gasteiger partial charge in [0.25, 0.3) is 0 Å². The van der Waals surface area contributed by atoms with Gasteiger partial charge in [-0.05, 0) is 34.6 Å². The zero-order chi connectivity index (χ0) is 11.0. The van der Waals surface area contributed by atoms with E-state index in [1.165, 1.54) is 0 Å². The molecule has 0 aromatic carbocycles. The molecule has 1 aliphatic rings. The molecule has 14 heavy (non-hydrogen) atoms. The predicted octanol–water partition coefficient (Wildman–Crippen LogP) is 2.71. The zero-order valence-electron chi connectivity index (χ0n) is 9.59. The normalized spacial score (nSPS) is 21.1. The summed E-state index contributed by atoms with van der Waals surface area (Å²) in [4.78, 5) is 13.4. The van der Waals surface area contributed by atoms with Crippen LogP contribution in [0.3, 0.4) is 0 Å². The first-order valence-electron chi connectivity index (χ1n) is 4.87. The van der Waals surface area contributed by atoms with Crippen molar-refractivity contribution < 1.29 is 9.53 Å². The monoisotopic (exact) mass is 217 g/mol. The molecule has 4 heteroatoms. The molecule has 0 spiro atoms. The van der Waals surface area contributed by atoms with Crippen LogP contribution in [0.2, 0.25) is 0 Å². The van der Waals surface area contributed by atoms with Gasteiger partial charge in [-0.25, -0.2) is 4.79 Å². The smallest absolute Gasteiger partial charge is 0.411 e. The van der Waals surface area contributed by atoms with E-state index >= 15 is 0 Å². The number of hydrogen-bond donors (Lipinski definition) is 0. The molecular formula is C10H19NO2S. The number of ether oxygens (including phenoxy) is 1. The Hall–Kier alpha value is -0.380. The first-order valence-corrected chi connectivity index (χ1v) is 5.85. The largest absolute Gasteiger partial charge is 0.444 e. The minimum Gasteiger partial charge on any atom is -0.444 e. The van der Waals surface area contributed by atoms with Crippen LogP contribution in [-0.4, -0.2) is 33.8 Å². The Morgan fingerprint density at radius 2 is 2.00 bits per heavy atom. The topological polar surface area (TPSA) is 29.5 Å². The average molecular weight is 217 g/mol. The van der Waals surface area contributed by atoms with Crippen molar-refractivity contribution in [1.82, 2.24) is 4.90 Å². The Morgan fingerprint density at radius 1 is 1.43 bits per heavy atom. The van der Waals surface area contributed by atoms with Crippen LogP contribution in [0.4, 0.5) is 4.79 Å². The maximum atomic E-state index is 11.8. The minimum atomic E-state index is -0.402. The summed E-state index contributed by atoms with van der Waals surface area (Å²) >= 11 is 1.79. The molecule has 82 valence electrons. The van der Waals surface area contributed by atoms with E-state index in [0.717, 1.165) is 12.3 Å². The van der Waals surface area contributed by atoms with E-state index < -0.39 is 5.60 Å². The van der Waals surface area contributed by atoms with Crippen molar-refractivity contribution in [2.75, 3.05) is 12.3 Å². The summed E-state index contributed by atoms with van der Waals surface area (Å²) in [6.45, 7) is 10.6. The second-order valence-electron chi connectivity index (χ2n) is 4.93. The predicted molar refractivity (Wildman–Crippen MR) is 59.5 cm³/mol. The highest BCUT2D eigenvalue weighted by molar-refractivity contribution is 8.00. The number of thioether (sulfide) groups is 1. The van der Waals surface area contributed by atoms with Gasteiger partial charge in [-0.15, -0.1) is 11.8 Å². The van der Waals surface area contributed by atoms with Crippen LogP contribution in [-0.2, 0) is 4.74 Å². The van der Waals surface area contributed by atoms with Gasteiger partial charge in [-0.3, -0.25) is 4.90 Å². The fourth-order valence-corrected chi connectivity index (χ4v) is 2.46. The Morgan fingerprint density at radius 3 is 2.36 bits per heavy atom. The Bertz CT molecular complexity index is 233. The van der Waals surface area contributed by atoms with Crippen LogP contribution in [0.5, 0.6) is 0 Å². The maximum Gasteiger partial charge on any atom is 0.411 e. The van der Waals surface area contributed by atoms with Gasteiger partial charge in [-0.2, -0.15) is 0 Å². The summed E-state index contributed by atoms with van der Waals surface area (Å²) in [5.74, 6) is 0.992. The van der Waals surface area contributed by atoms with Gasteiger partial charge in [0.1, 0.15) is 5.60 Å². The molecule has 1 heterocycles. The molecule has 0 aromatic heterocycles. The van der Waals surface area contributed by atoms with Gasteiger partial charge in [0.05, 0.1) is 4.87 Å². The second kappa shape index (κ2) is 3.65. The van der Waals surface area contributed by atoms with Crippen LogP contribution < -0.4 is 0 Å². The van der Waals surface area contributed by atoms with Crippen molar-refractivity contribution in [1.29, 1.82) is 0 Å². The standard InChI is InChI=1S/C10H19NO2S/c1-9(2,3)13-8(12)11-6-7-14-10(11,4)5/h6-7H2,1-5H3. The van der Waals surface area contributed by atoms with Gasteiger partial charge in [0.2, 0.25) is 0 Å². The third-order valence-corrected chi connectivity index (χ3v) is 3.35. The van der Waals surface area contributed by atoms with E-state index in [2.05, 4.69) is 13.8 Å². The molecule has 1 amide bonds. The van der Waals surface area contributed by atoms with Crippen molar-refractivity contribution in [3.8, 4) is 0 Å². The fourth-order valence-electron chi connectivity index (χ4n) is 1.36. The fraction of sp³-hybridized carbons (Fsp3) is 0.900. The molecule has 1 aliphatic heterocycles. The van der Waals surface area contributed by atoms with Gasteiger partial charge in [-0.1, -0.05) is 0 Å². The van der Waals surface area contributed by atoms with Crippen LogP contribution in [0.1, 0.15) is 34.6 Å². The quantitative estimate of drug-likeness (QED) is 0.625. The molecule has 1 rings (SSSR count). The average Bonchev–Trinajstić information content (AvgIpc) is 2.25. The molecule has 0 saturated carbocycles. The van der Waals surface area contributed by atoms with Crippen molar-refractivity contribution in [3.05, 3.63) is 0 Å². The Labute approximate surface area is 90.2 Å². The molecule has 0 bridgehead atoms. The molecule has 0 aromatic rings. The van der Waals surface area contributed by atoms with Crippen LogP contribution in [0, 0.1) is 0 Å². The van der Waals surface area contributed by atoms with Gasteiger partial charge in [0.15, 0.2) is 0 Å². The number of nitrogens with zero attached hydrogens (tertiary/aromatic N) is 1. The molecule has 3 nitrogen and oxygen atoms in total. The zero-order valence-corrected chi connectivity index (χ0v) is 10.4. The lowest BCUT2D eigenvalue weighted by Gasteiger charge is -2.32. The van der Waals surface area contributed by atoms with Gasteiger partial charge >= 0.3 is 6.09 Å². The summed E-state index contributed by atoms with van der Waals surface area (Å²) in [5.41, 5.74) is -0.402. The maximum absolute atomic E-state index is 11.8. The number of amides is 1. The molecule has 1 fully saturated rings. The highest BCUT2D eigenvalue weighted by Gasteiger charge is 2.38. The van der Waals surface area contributed by atoms with E-state index in [4.69, 9.17) is 4.74 Å².